The topological polar surface area (TPSA) is 86.7 Å². The zero-order valence-electron chi connectivity index (χ0n) is 12.7. The summed E-state index contributed by atoms with van der Waals surface area (Å²) in [5, 5.41) is 11.8. The van der Waals surface area contributed by atoms with E-state index in [0.717, 1.165) is 5.56 Å². The minimum atomic E-state index is -1.02. The minimum absolute atomic E-state index is 0.178. The van der Waals surface area contributed by atoms with Gasteiger partial charge in [-0.2, -0.15) is 0 Å². The van der Waals surface area contributed by atoms with Crippen LogP contribution in [0.2, 0.25) is 0 Å². The Morgan fingerprint density at radius 2 is 1.95 bits per heavy atom. The molecule has 22 heavy (non-hydrogen) atoms. The van der Waals surface area contributed by atoms with E-state index in [1.807, 2.05) is 30.3 Å². The van der Waals surface area contributed by atoms with Crippen LogP contribution in [-0.2, 0) is 20.8 Å². The van der Waals surface area contributed by atoms with E-state index >= 15 is 0 Å². The minimum Gasteiger partial charge on any atom is -0.480 e. The van der Waals surface area contributed by atoms with Crippen LogP contribution >= 0.6 is 0 Å². The second kappa shape index (κ2) is 6.60. The van der Waals surface area contributed by atoms with E-state index in [0.29, 0.717) is 0 Å². The zero-order chi connectivity index (χ0) is 16.3. The van der Waals surface area contributed by atoms with Crippen LogP contribution in [0.4, 0.5) is 0 Å². The first-order chi connectivity index (χ1) is 10.4. The van der Waals surface area contributed by atoms with Gasteiger partial charge in [-0.1, -0.05) is 44.2 Å². The van der Waals surface area contributed by atoms with E-state index in [-0.39, 0.29) is 30.7 Å². The quantitative estimate of drug-likeness (QED) is 0.756. The van der Waals surface area contributed by atoms with Crippen molar-refractivity contribution in [2.24, 2.45) is 5.92 Å². The van der Waals surface area contributed by atoms with E-state index in [9.17, 15) is 19.5 Å². The molecule has 2 rings (SSSR count). The van der Waals surface area contributed by atoms with Crippen LogP contribution in [0.15, 0.2) is 30.3 Å². The van der Waals surface area contributed by atoms with Crippen LogP contribution in [0.5, 0.6) is 0 Å². The number of amides is 2. The fraction of sp³-hybridized carbons (Fsp3) is 0.438. The van der Waals surface area contributed by atoms with Gasteiger partial charge in [-0.3, -0.25) is 9.59 Å². The first-order valence-electron chi connectivity index (χ1n) is 7.26. The molecule has 0 saturated carbocycles. The molecule has 1 unspecified atom stereocenters. The molecule has 0 bridgehead atoms. The summed E-state index contributed by atoms with van der Waals surface area (Å²) in [6, 6.07) is 7.79. The van der Waals surface area contributed by atoms with Crippen molar-refractivity contribution in [2.45, 2.75) is 32.4 Å². The van der Waals surface area contributed by atoms with Crippen molar-refractivity contribution in [3.8, 4) is 0 Å². The number of β-lactam (4-membered cyclic amide) rings is 1. The van der Waals surface area contributed by atoms with Crippen molar-refractivity contribution in [1.29, 1.82) is 0 Å². The zero-order valence-corrected chi connectivity index (χ0v) is 12.7. The smallest absolute Gasteiger partial charge is 0.326 e. The van der Waals surface area contributed by atoms with Crippen LogP contribution in [-0.4, -0.2) is 46.4 Å². The van der Waals surface area contributed by atoms with E-state index in [1.165, 1.54) is 4.90 Å². The van der Waals surface area contributed by atoms with Gasteiger partial charge >= 0.3 is 5.97 Å². The summed E-state index contributed by atoms with van der Waals surface area (Å²) in [5.41, 5.74) is 0.870. The maximum absolute atomic E-state index is 12.0. The molecule has 0 aromatic heterocycles. The highest BCUT2D eigenvalue weighted by molar-refractivity contribution is 5.95. The van der Waals surface area contributed by atoms with E-state index < -0.39 is 18.1 Å². The molecule has 6 nitrogen and oxygen atoms in total. The number of hydrogen-bond donors (Lipinski definition) is 2. The summed E-state index contributed by atoms with van der Waals surface area (Å²) in [6.45, 7) is 3.76. The molecule has 1 fully saturated rings. The number of aliphatic carboxylic acids is 1. The molecule has 1 aliphatic heterocycles. The SMILES string of the molecule is CC(C)C(C(=O)O)N1C[C@H](NC(=O)Cc2ccccc2)C1=O. The van der Waals surface area contributed by atoms with Gasteiger partial charge in [0.1, 0.15) is 12.1 Å². The Kier molecular flexibility index (Phi) is 4.80. The molecule has 1 heterocycles. The van der Waals surface area contributed by atoms with Crippen LogP contribution in [0.3, 0.4) is 0 Å². The number of carboxylic acids is 1. The summed E-state index contributed by atoms with van der Waals surface area (Å²) >= 11 is 0. The molecule has 6 heteroatoms. The molecule has 0 spiro atoms. The van der Waals surface area contributed by atoms with Gasteiger partial charge in [-0.05, 0) is 11.5 Å². The van der Waals surface area contributed by atoms with E-state index in [1.54, 1.807) is 13.8 Å². The summed E-state index contributed by atoms with van der Waals surface area (Å²) in [7, 11) is 0. The fourth-order valence-corrected chi connectivity index (χ4v) is 2.62. The molecule has 1 aliphatic rings. The predicted octanol–water partition coefficient (Wildman–Crippen LogP) is 0.665. The number of nitrogens with zero attached hydrogens (tertiary/aromatic N) is 1. The maximum atomic E-state index is 12.0. The molecule has 0 radical (unpaired) electrons. The van der Waals surface area contributed by atoms with E-state index in [2.05, 4.69) is 5.32 Å². The number of carbonyl (C=O) groups excluding carboxylic acids is 2. The third-order valence-electron chi connectivity index (χ3n) is 3.72. The lowest BCUT2D eigenvalue weighted by Crippen LogP contribution is -2.68. The van der Waals surface area contributed by atoms with Crippen LogP contribution in [0, 0.1) is 5.92 Å². The van der Waals surface area contributed by atoms with Crippen LogP contribution < -0.4 is 5.32 Å². The molecule has 1 aromatic carbocycles. The summed E-state index contributed by atoms with van der Waals surface area (Å²) in [5.74, 6) is -1.76. The van der Waals surface area contributed by atoms with Crippen LogP contribution in [0.1, 0.15) is 19.4 Å². The number of carboxylic acid groups (broad SMARTS) is 1. The second-order valence-corrected chi connectivity index (χ2v) is 5.80. The van der Waals surface area contributed by atoms with Crippen molar-refractivity contribution >= 4 is 17.8 Å². The summed E-state index contributed by atoms with van der Waals surface area (Å²) < 4.78 is 0. The van der Waals surface area contributed by atoms with Gasteiger partial charge in [0, 0.05) is 0 Å². The highest BCUT2D eigenvalue weighted by Gasteiger charge is 2.45. The largest absolute Gasteiger partial charge is 0.480 e. The van der Waals surface area contributed by atoms with Gasteiger partial charge in [0.15, 0.2) is 0 Å². The molecule has 1 saturated heterocycles. The Labute approximate surface area is 129 Å². The predicted molar refractivity (Wildman–Crippen MR) is 80.1 cm³/mol. The van der Waals surface area contributed by atoms with Crippen LogP contribution in [0.25, 0.3) is 0 Å². The number of nitrogens with one attached hydrogen (secondary N) is 1. The second-order valence-electron chi connectivity index (χ2n) is 5.80. The first kappa shape index (κ1) is 16.0. The normalized spacial score (nSPS) is 18.8. The van der Waals surface area contributed by atoms with Crippen molar-refractivity contribution in [3.05, 3.63) is 35.9 Å². The third-order valence-corrected chi connectivity index (χ3v) is 3.72. The van der Waals surface area contributed by atoms with Gasteiger partial charge in [0.25, 0.3) is 0 Å². The number of carbonyl (C=O) groups is 3. The lowest BCUT2D eigenvalue weighted by molar-refractivity contribution is -0.162. The van der Waals surface area contributed by atoms with Crippen molar-refractivity contribution < 1.29 is 19.5 Å². The first-order valence-corrected chi connectivity index (χ1v) is 7.26. The average molecular weight is 304 g/mol. The highest BCUT2D eigenvalue weighted by atomic mass is 16.4. The van der Waals surface area contributed by atoms with Gasteiger partial charge in [-0.15, -0.1) is 0 Å². The van der Waals surface area contributed by atoms with E-state index in [4.69, 9.17) is 0 Å². The van der Waals surface area contributed by atoms with Crippen molar-refractivity contribution in [2.75, 3.05) is 6.54 Å². The van der Waals surface area contributed by atoms with Gasteiger partial charge in [0.2, 0.25) is 11.8 Å². The molecule has 1 aromatic rings. The number of rotatable bonds is 6. The van der Waals surface area contributed by atoms with Crippen molar-refractivity contribution in [3.63, 3.8) is 0 Å². The highest BCUT2D eigenvalue weighted by Crippen LogP contribution is 2.20. The molecule has 2 atom stereocenters. The monoisotopic (exact) mass is 304 g/mol. The summed E-state index contributed by atoms with van der Waals surface area (Å²) in [4.78, 5) is 36.5. The molecule has 2 N–H and O–H groups in total. The maximum Gasteiger partial charge on any atom is 0.326 e. The van der Waals surface area contributed by atoms with Gasteiger partial charge in [-0.25, -0.2) is 4.79 Å². The lowest BCUT2D eigenvalue weighted by atomic mass is 9.96. The fourth-order valence-electron chi connectivity index (χ4n) is 2.62. The summed E-state index contributed by atoms with van der Waals surface area (Å²) in [6.07, 6.45) is 0.206. The van der Waals surface area contributed by atoms with Gasteiger partial charge in [0.05, 0.1) is 13.0 Å². The molecular formula is C16H20N2O4. The Morgan fingerprint density at radius 1 is 1.32 bits per heavy atom. The van der Waals surface area contributed by atoms with Crippen molar-refractivity contribution in [1.82, 2.24) is 10.2 Å². The number of likely N-dealkylation sites (tertiary alicyclic amines) is 1. The standard InChI is InChI=1S/C16H20N2O4/c1-10(2)14(16(21)22)18-9-12(15(18)20)17-13(19)8-11-6-4-3-5-7-11/h3-7,10,12,14H,8-9H2,1-2H3,(H,17,19)(H,21,22)/t12-,14?/m0/s1. The molecule has 2 amide bonds. The number of benzene rings is 1. The average Bonchev–Trinajstić information content (AvgIpc) is 2.46. The third kappa shape index (κ3) is 3.44. The number of hydrogen-bond acceptors (Lipinski definition) is 3. The van der Waals surface area contributed by atoms with Gasteiger partial charge < -0.3 is 15.3 Å². The lowest BCUT2D eigenvalue weighted by Gasteiger charge is -2.43. The Bertz CT molecular complexity index is 571. The molecular weight excluding hydrogens is 284 g/mol. The Morgan fingerprint density at radius 3 is 2.45 bits per heavy atom. The molecule has 0 aliphatic carbocycles. The Hall–Kier alpha value is -2.37. The Balaban J connectivity index is 1.88. The molecule has 118 valence electrons.